The van der Waals surface area contributed by atoms with Gasteiger partial charge in [0.25, 0.3) is 0 Å². The molecule has 1 aromatic rings. The first-order chi connectivity index (χ1) is 14.8. The molecule has 8 heteroatoms. The average Bonchev–Trinajstić information content (AvgIpc) is 3.34. The second-order valence-electron chi connectivity index (χ2n) is 9.04. The van der Waals surface area contributed by atoms with Crippen molar-refractivity contribution in [3.05, 3.63) is 35.9 Å². The molecule has 168 valence electrons. The molecule has 3 N–H and O–H groups in total. The summed E-state index contributed by atoms with van der Waals surface area (Å²) in [6, 6.07) is 8.14. The summed E-state index contributed by atoms with van der Waals surface area (Å²) < 4.78 is 6.47. The van der Waals surface area contributed by atoms with Crippen molar-refractivity contribution in [1.82, 2.24) is 15.5 Å². The molecule has 3 saturated heterocycles. The number of hydrogen-bond donors (Lipinski definition) is 3. The van der Waals surface area contributed by atoms with E-state index in [9.17, 15) is 19.5 Å². The number of carbonyl (C=O) groups is 3. The Balaban J connectivity index is 1.71. The summed E-state index contributed by atoms with van der Waals surface area (Å²) in [5, 5.41) is 15.6. The number of likely N-dealkylation sites (tertiary alicyclic amines) is 1. The number of aliphatic hydroxyl groups excluding tert-OH is 1. The van der Waals surface area contributed by atoms with Gasteiger partial charge in [0.2, 0.25) is 17.7 Å². The Bertz CT molecular complexity index is 873. The summed E-state index contributed by atoms with van der Waals surface area (Å²) in [7, 11) is 1.55. The first-order valence-corrected chi connectivity index (χ1v) is 11.0. The van der Waals surface area contributed by atoms with E-state index in [4.69, 9.17) is 4.74 Å². The largest absolute Gasteiger partial charge is 0.394 e. The van der Waals surface area contributed by atoms with Crippen LogP contribution in [0.15, 0.2) is 30.3 Å². The zero-order valence-corrected chi connectivity index (χ0v) is 18.3. The minimum atomic E-state index is -1.06. The van der Waals surface area contributed by atoms with Crippen LogP contribution in [0.1, 0.15) is 38.7 Å². The Morgan fingerprint density at radius 2 is 1.97 bits per heavy atom. The van der Waals surface area contributed by atoms with Crippen molar-refractivity contribution in [1.29, 1.82) is 0 Å². The van der Waals surface area contributed by atoms with Crippen molar-refractivity contribution in [2.24, 2.45) is 11.8 Å². The van der Waals surface area contributed by atoms with Gasteiger partial charge < -0.3 is 25.4 Å². The fourth-order valence-electron chi connectivity index (χ4n) is 5.91. The van der Waals surface area contributed by atoms with Crippen LogP contribution in [0.4, 0.5) is 0 Å². The topological polar surface area (TPSA) is 108 Å². The normalized spacial score (nSPS) is 34.5. The van der Waals surface area contributed by atoms with Crippen LogP contribution in [-0.4, -0.2) is 64.7 Å². The highest BCUT2D eigenvalue weighted by Crippen LogP contribution is 2.63. The number of rotatable bonds is 7. The lowest BCUT2D eigenvalue weighted by Crippen LogP contribution is -2.57. The molecule has 0 aromatic heterocycles. The highest BCUT2D eigenvalue weighted by atomic mass is 16.5. The van der Waals surface area contributed by atoms with Crippen molar-refractivity contribution in [3.63, 3.8) is 0 Å². The summed E-state index contributed by atoms with van der Waals surface area (Å²) >= 11 is 0. The second-order valence-corrected chi connectivity index (χ2v) is 9.04. The maximum Gasteiger partial charge on any atom is 0.246 e. The van der Waals surface area contributed by atoms with Gasteiger partial charge in [-0.1, -0.05) is 37.3 Å². The number of aliphatic hydroxyl groups is 1. The van der Waals surface area contributed by atoms with Crippen molar-refractivity contribution >= 4 is 17.7 Å². The third kappa shape index (κ3) is 3.15. The molecule has 1 spiro atoms. The summed E-state index contributed by atoms with van der Waals surface area (Å²) in [5.41, 5.74) is -0.903. The molecule has 2 bridgehead atoms. The van der Waals surface area contributed by atoms with Crippen molar-refractivity contribution < 1.29 is 24.2 Å². The standard InChI is InChI=1S/C23H31N3O5/c1-4-15(13-27)26-18(20(29)25-12-14-8-6-5-7-9-14)23-11-10-22(2,31-23)16(19(28)24-3)17(23)21(26)30/h5-9,15-18,27H,4,10-13H2,1-3H3,(H,24,28)(H,25,29)/t15-,16-,17-,18?,22+,23?/m0/s1. The van der Waals surface area contributed by atoms with Crippen LogP contribution in [0.3, 0.4) is 0 Å². The number of amides is 3. The fraction of sp³-hybridized carbons (Fsp3) is 0.609. The molecule has 3 fully saturated rings. The molecule has 3 amide bonds. The zero-order valence-electron chi connectivity index (χ0n) is 18.3. The molecule has 1 aromatic carbocycles. The molecular weight excluding hydrogens is 398 g/mol. The van der Waals surface area contributed by atoms with Gasteiger partial charge in [0.15, 0.2) is 0 Å². The lowest BCUT2D eigenvalue weighted by molar-refractivity contribution is -0.149. The quantitative estimate of drug-likeness (QED) is 0.588. The number of fused-ring (bicyclic) bond motifs is 1. The Labute approximate surface area is 182 Å². The van der Waals surface area contributed by atoms with Crippen molar-refractivity contribution in [3.8, 4) is 0 Å². The van der Waals surface area contributed by atoms with Crippen LogP contribution in [0.5, 0.6) is 0 Å². The molecule has 0 aliphatic carbocycles. The number of nitrogens with zero attached hydrogens (tertiary/aromatic N) is 1. The second kappa shape index (κ2) is 7.91. The Morgan fingerprint density at radius 3 is 2.58 bits per heavy atom. The van der Waals surface area contributed by atoms with Gasteiger partial charge in [-0.05, 0) is 31.7 Å². The van der Waals surface area contributed by atoms with Crippen LogP contribution in [0, 0.1) is 11.8 Å². The van der Waals surface area contributed by atoms with Crippen molar-refractivity contribution in [2.75, 3.05) is 13.7 Å². The van der Waals surface area contributed by atoms with Gasteiger partial charge in [-0.25, -0.2) is 0 Å². The highest BCUT2D eigenvalue weighted by Gasteiger charge is 2.78. The van der Waals surface area contributed by atoms with Crippen LogP contribution in [-0.2, 0) is 25.7 Å². The predicted octanol–water partition coefficient (Wildman–Crippen LogP) is 0.584. The Hall–Kier alpha value is -2.45. The lowest BCUT2D eigenvalue weighted by atomic mass is 9.66. The first-order valence-electron chi connectivity index (χ1n) is 11.0. The number of benzene rings is 1. The minimum Gasteiger partial charge on any atom is -0.394 e. The van der Waals surface area contributed by atoms with E-state index >= 15 is 0 Å². The van der Waals surface area contributed by atoms with E-state index in [1.54, 1.807) is 7.05 Å². The van der Waals surface area contributed by atoms with Crippen LogP contribution >= 0.6 is 0 Å². The molecule has 4 rings (SSSR count). The molecular formula is C23H31N3O5. The summed E-state index contributed by atoms with van der Waals surface area (Å²) in [4.78, 5) is 41.5. The Kier molecular flexibility index (Phi) is 5.55. The van der Waals surface area contributed by atoms with E-state index in [2.05, 4.69) is 10.6 Å². The monoisotopic (exact) mass is 429 g/mol. The molecule has 3 heterocycles. The molecule has 3 aliphatic rings. The number of carbonyl (C=O) groups excluding carboxylic acids is 3. The van der Waals surface area contributed by atoms with E-state index in [0.717, 1.165) is 5.56 Å². The zero-order chi connectivity index (χ0) is 22.4. The predicted molar refractivity (Wildman–Crippen MR) is 113 cm³/mol. The average molecular weight is 430 g/mol. The van der Waals surface area contributed by atoms with E-state index in [1.165, 1.54) is 4.90 Å². The van der Waals surface area contributed by atoms with Crippen LogP contribution < -0.4 is 10.6 Å². The van der Waals surface area contributed by atoms with Crippen LogP contribution in [0.2, 0.25) is 0 Å². The molecule has 0 saturated carbocycles. The number of nitrogens with one attached hydrogen (secondary N) is 2. The molecule has 2 unspecified atom stereocenters. The fourth-order valence-corrected chi connectivity index (χ4v) is 5.91. The third-order valence-electron chi connectivity index (χ3n) is 7.38. The molecule has 3 aliphatic heterocycles. The Morgan fingerprint density at radius 1 is 1.26 bits per heavy atom. The number of hydrogen-bond acceptors (Lipinski definition) is 5. The van der Waals surface area contributed by atoms with Gasteiger partial charge in [0, 0.05) is 13.6 Å². The summed E-state index contributed by atoms with van der Waals surface area (Å²) in [6.45, 7) is 3.80. The maximum atomic E-state index is 13.7. The minimum absolute atomic E-state index is 0.246. The first kappa shape index (κ1) is 21.8. The van der Waals surface area contributed by atoms with Gasteiger partial charge in [-0.2, -0.15) is 0 Å². The maximum absolute atomic E-state index is 13.7. The van der Waals surface area contributed by atoms with E-state index in [0.29, 0.717) is 25.8 Å². The summed E-state index contributed by atoms with van der Waals surface area (Å²) in [5.74, 6) is -2.24. The van der Waals surface area contributed by atoms with Gasteiger partial charge >= 0.3 is 0 Å². The smallest absolute Gasteiger partial charge is 0.246 e. The van der Waals surface area contributed by atoms with Crippen molar-refractivity contribution in [2.45, 2.75) is 62.9 Å². The van der Waals surface area contributed by atoms with E-state index in [1.807, 2.05) is 44.2 Å². The molecule has 8 nitrogen and oxygen atoms in total. The SMILES string of the molecule is CC[C@@H](CO)N1C(=O)[C@@H]2[C@@H](C(=O)NC)[C@@]3(C)CCC2(O3)C1C(=O)NCc1ccccc1. The van der Waals surface area contributed by atoms with Gasteiger partial charge in [0.1, 0.15) is 11.6 Å². The lowest BCUT2D eigenvalue weighted by Gasteiger charge is -2.36. The molecule has 0 radical (unpaired) electrons. The van der Waals surface area contributed by atoms with E-state index in [-0.39, 0.29) is 24.3 Å². The third-order valence-corrected chi connectivity index (χ3v) is 7.38. The molecule has 6 atom stereocenters. The highest BCUT2D eigenvalue weighted by molar-refractivity contribution is 5.99. The summed E-state index contributed by atoms with van der Waals surface area (Å²) in [6.07, 6.45) is 1.62. The molecule has 31 heavy (non-hydrogen) atoms. The number of ether oxygens (including phenoxy) is 1. The van der Waals surface area contributed by atoms with Gasteiger partial charge in [-0.15, -0.1) is 0 Å². The van der Waals surface area contributed by atoms with Gasteiger partial charge in [0.05, 0.1) is 30.1 Å². The van der Waals surface area contributed by atoms with E-state index < -0.39 is 35.1 Å². The van der Waals surface area contributed by atoms with Gasteiger partial charge in [-0.3, -0.25) is 14.4 Å². The van der Waals surface area contributed by atoms with Crippen LogP contribution in [0.25, 0.3) is 0 Å².